The van der Waals surface area contributed by atoms with Crippen molar-refractivity contribution in [3.63, 3.8) is 0 Å². The van der Waals surface area contributed by atoms with E-state index in [9.17, 15) is 4.79 Å². The summed E-state index contributed by atoms with van der Waals surface area (Å²) in [6.07, 6.45) is 0. The van der Waals surface area contributed by atoms with Gasteiger partial charge in [-0.25, -0.2) is 4.31 Å². The van der Waals surface area contributed by atoms with Gasteiger partial charge < -0.3 is 33.2 Å². The highest BCUT2D eigenvalue weighted by molar-refractivity contribution is 7.97. The molecule has 0 saturated carbocycles. The van der Waals surface area contributed by atoms with Crippen LogP contribution in [0, 0.1) is 0 Å². The van der Waals surface area contributed by atoms with Crippen LogP contribution in [0.15, 0.2) is 0 Å². The van der Waals surface area contributed by atoms with Gasteiger partial charge in [0.15, 0.2) is 0 Å². The Morgan fingerprint density at radius 1 is 0.700 bits per heavy atom. The van der Waals surface area contributed by atoms with Crippen molar-refractivity contribution in [1.82, 2.24) is 4.31 Å². The van der Waals surface area contributed by atoms with Gasteiger partial charge in [0.25, 0.3) is 0 Å². The largest absolute Gasteiger partial charge is 0.459 e. The lowest BCUT2D eigenvalue weighted by molar-refractivity contribution is -0.151. The van der Waals surface area contributed by atoms with Gasteiger partial charge in [0.2, 0.25) is 0 Å². The molecular formula is C20H41NO8S. The van der Waals surface area contributed by atoms with Gasteiger partial charge in [-0.2, -0.15) is 0 Å². The molecule has 0 aliphatic carbocycles. The first-order valence-corrected chi connectivity index (χ1v) is 11.2. The molecule has 0 heterocycles. The maximum Gasteiger partial charge on any atom is 0.317 e. The standard InChI is InChI=1S/C20H41NO8S/c1-20(2,3)29-19(22)18-30-21(6-8-25-14-16-27-12-10-23-4)7-9-26-15-17-28-13-11-24-5/h6-18H2,1-5H3. The predicted molar refractivity (Wildman–Crippen MR) is 117 cm³/mol. The van der Waals surface area contributed by atoms with E-state index in [0.29, 0.717) is 79.2 Å². The average Bonchev–Trinajstić information content (AvgIpc) is 2.68. The van der Waals surface area contributed by atoms with E-state index < -0.39 is 5.60 Å². The number of hydrogen-bond acceptors (Lipinski definition) is 10. The molecule has 0 aromatic carbocycles. The summed E-state index contributed by atoms with van der Waals surface area (Å²) >= 11 is 1.42. The number of nitrogens with zero attached hydrogens (tertiary/aromatic N) is 1. The van der Waals surface area contributed by atoms with Gasteiger partial charge in [-0.1, -0.05) is 11.9 Å². The lowest BCUT2D eigenvalue weighted by Crippen LogP contribution is -2.29. The van der Waals surface area contributed by atoms with Crippen LogP contribution in [-0.2, 0) is 38.0 Å². The molecule has 0 atom stereocenters. The van der Waals surface area contributed by atoms with Gasteiger partial charge >= 0.3 is 5.97 Å². The fourth-order valence-electron chi connectivity index (χ4n) is 2.02. The number of carbonyl (C=O) groups is 1. The number of ether oxygens (including phenoxy) is 7. The van der Waals surface area contributed by atoms with Gasteiger partial charge in [0.1, 0.15) is 11.4 Å². The summed E-state index contributed by atoms with van der Waals surface area (Å²) in [4.78, 5) is 12.0. The molecule has 0 aromatic rings. The van der Waals surface area contributed by atoms with Crippen molar-refractivity contribution < 1.29 is 38.0 Å². The predicted octanol–water partition coefficient (Wildman–Crippen LogP) is 1.64. The van der Waals surface area contributed by atoms with Crippen LogP contribution in [0.2, 0.25) is 0 Å². The minimum atomic E-state index is -0.486. The molecule has 10 heteroatoms. The highest BCUT2D eigenvalue weighted by Crippen LogP contribution is 2.13. The fraction of sp³-hybridized carbons (Fsp3) is 0.950. The summed E-state index contributed by atoms with van der Waals surface area (Å²) in [5.41, 5.74) is -0.486. The molecule has 9 nitrogen and oxygen atoms in total. The van der Waals surface area contributed by atoms with Crippen molar-refractivity contribution >= 4 is 17.9 Å². The molecule has 0 aliphatic rings. The van der Waals surface area contributed by atoms with Crippen molar-refractivity contribution in [1.29, 1.82) is 0 Å². The Kier molecular flexibility index (Phi) is 20.1. The van der Waals surface area contributed by atoms with Gasteiger partial charge in [-0.3, -0.25) is 4.79 Å². The minimum absolute atomic E-state index is 0.238. The maximum absolute atomic E-state index is 12.0. The SMILES string of the molecule is COCCOCCOCCN(CCOCCOCCOC)SCC(=O)OC(C)(C)C. The van der Waals surface area contributed by atoms with E-state index in [4.69, 9.17) is 33.2 Å². The Morgan fingerprint density at radius 3 is 1.50 bits per heavy atom. The monoisotopic (exact) mass is 455 g/mol. The van der Waals surface area contributed by atoms with Crippen LogP contribution in [-0.4, -0.2) is 115 Å². The smallest absolute Gasteiger partial charge is 0.317 e. The molecule has 0 saturated heterocycles. The van der Waals surface area contributed by atoms with Crippen LogP contribution in [0.4, 0.5) is 0 Å². The Bertz CT molecular complexity index is 375. The molecule has 0 aliphatic heterocycles. The Hall–Kier alpha value is -0.460. The van der Waals surface area contributed by atoms with Crippen LogP contribution in [0.3, 0.4) is 0 Å². The third-order valence-electron chi connectivity index (χ3n) is 3.36. The van der Waals surface area contributed by atoms with Crippen molar-refractivity contribution in [2.75, 3.05) is 99.1 Å². The zero-order chi connectivity index (χ0) is 22.5. The van der Waals surface area contributed by atoms with E-state index >= 15 is 0 Å². The normalized spacial score (nSPS) is 11.9. The summed E-state index contributed by atoms with van der Waals surface area (Å²) in [6, 6.07) is 0. The van der Waals surface area contributed by atoms with Crippen molar-refractivity contribution in [3.8, 4) is 0 Å². The molecular weight excluding hydrogens is 414 g/mol. The van der Waals surface area contributed by atoms with Crippen LogP contribution < -0.4 is 0 Å². The van der Waals surface area contributed by atoms with Gasteiger partial charge in [0, 0.05) is 27.3 Å². The Labute approximate surface area is 186 Å². The number of methoxy groups -OCH3 is 2. The van der Waals surface area contributed by atoms with Crippen molar-refractivity contribution in [2.24, 2.45) is 0 Å². The molecule has 30 heavy (non-hydrogen) atoms. The quantitative estimate of drug-likeness (QED) is 0.145. The van der Waals surface area contributed by atoms with E-state index in [-0.39, 0.29) is 11.7 Å². The van der Waals surface area contributed by atoms with E-state index in [1.165, 1.54) is 11.9 Å². The zero-order valence-electron chi connectivity index (χ0n) is 19.3. The number of rotatable bonds is 21. The van der Waals surface area contributed by atoms with Crippen LogP contribution in [0.5, 0.6) is 0 Å². The van der Waals surface area contributed by atoms with Crippen LogP contribution >= 0.6 is 11.9 Å². The second-order valence-electron chi connectivity index (χ2n) is 7.22. The van der Waals surface area contributed by atoms with Crippen LogP contribution in [0.1, 0.15) is 20.8 Å². The highest BCUT2D eigenvalue weighted by Gasteiger charge is 2.17. The topological polar surface area (TPSA) is 84.9 Å². The maximum atomic E-state index is 12.0. The molecule has 0 bridgehead atoms. The first-order valence-electron chi connectivity index (χ1n) is 10.3. The van der Waals surface area contributed by atoms with E-state index in [2.05, 4.69) is 4.31 Å². The third kappa shape index (κ3) is 22.2. The summed E-state index contributed by atoms with van der Waals surface area (Å²) in [5, 5.41) is 0. The summed E-state index contributed by atoms with van der Waals surface area (Å²) in [5.74, 6) is 0.00905. The molecule has 0 radical (unpaired) electrons. The lowest BCUT2D eigenvalue weighted by atomic mass is 10.2. The number of esters is 1. The molecule has 0 N–H and O–H groups in total. The molecule has 0 unspecified atom stereocenters. The van der Waals surface area contributed by atoms with Gasteiger partial charge in [-0.15, -0.1) is 0 Å². The Morgan fingerprint density at radius 2 is 1.10 bits per heavy atom. The van der Waals surface area contributed by atoms with Crippen molar-refractivity contribution in [3.05, 3.63) is 0 Å². The molecule has 0 rings (SSSR count). The summed E-state index contributed by atoms with van der Waals surface area (Å²) in [6.45, 7) is 12.3. The third-order valence-corrected chi connectivity index (χ3v) is 4.46. The minimum Gasteiger partial charge on any atom is -0.459 e. The van der Waals surface area contributed by atoms with Gasteiger partial charge in [0.05, 0.1) is 66.1 Å². The first kappa shape index (κ1) is 29.5. The van der Waals surface area contributed by atoms with E-state index in [1.807, 2.05) is 20.8 Å². The molecule has 0 aromatic heterocycles. The van der Waals surface area contributed by atoms with E-state index in [1.54, 1.807) is 14.2 Å². The molecule has 180 valence electrons. The fourth-order valence-corrected chi connectivity index (χ4v) is 2.77. The second-order valence-corrected chi connectivity index (χ2v) is 8.29. The average molecular weight is 456 g/mol. The first-order chi connectivity index (χ1) is 14.4. The van der Waals surface area contributed by atoms with Crippen LogP contribution in [0.25, 0.3) is 0 Å². The highest BCUT2D eigenvalue weighted by atomic mass is 32.2. The number of hydrogen-bond donors (Lipinski definition) is 0. The zero-order valence-corrected chi connectivity index (χ0v) is 20.1. The molecule has 0 fully saturated rings. The summed E-state index contributed by atoms with van der Waals surface area (Å²) in [7, 11) is 3.28. The van der Waals surface area contributed by atoms with Gasteiger partial charge in [-0.05, 0) is 20.8 Å². The Balaban J connectivity index is 4.05. The van der Waals surface area contributed by atoms with Crippen molar-refractivity contribution in [2.45, 2.75) is 26.4 Å². The number of carbonyl (C=O) groups excluding carboxylic acids is 1. The summed E-state index contributed by atoms with van der Waals surface area (Å²) < 4.78 is 39.2. The lowest BCUT2D eigenvalue weighted by Gasteiger charge is -2.23. The van der Waals surface area contributed by atoms with E-state index in [0.717, 1.165) is 0 Å². The second kappa shape index (κ2) is 20.4. The molecule has 0 amide bonds. The molecule has 0 spiro atoms.